The average Bonchev–Trinajstić information content (AvgIpc) is 2.37. The molecular weight excluding hydrogens is 238 g/mol. The predicted octanol–water partition coefficient (Wildman–Crippen LogP) is 3.65. The standard InChI is InChI=1S/C14H12F2O2/c1-17-13-5-3-4-11(14(13)18-2)10-7-6-9(15)8-12(10)16/h3-8H,1-2H3. The highest BCUT2D eigenvalue weighted by atomic mass is 19.1. The molecule has 0 spiro atoms. The molecule has 2 rings (SSSR count). The van der Waals surface area contributed by atoms with Crippen LogP contribution in [-0.4, -0.2) is 14.2 Å². The Balaban J connectivity index is 2.63. The summed E-state index contributed by atoms with van der Waals surface area (Å²) >= 11 is 0. The van der Waals surface area contributed by atoms with Gasteiger partial charge in [0.05, 0.1) is 14.2 Å². The molecule has 0 aromatic heterocycles. The first-order valence-electron chi connectivity index (χ1n) is 5.33. The van der Waals surface area contributed by atoms with Crippen molar-refractivity contribution in [3.05, 3.63) is 48.0 Å². The van der Waals surface area contributed by atoms with E-state index in [4.69, 9.17) is 9.47 Å². The predicted molar refractivity (Wildman–Crippen MR) is 64.9 cm³/mol. The van der Waals surface area contributed by atoms with Gasteiger partial charge in [-0.15, -0.1) is 0 Å². The maximum atomic E-state index is 13.8. The normalized spacial score (nSPS) is 10.2. The zero-order valence-electron chi connectivity index (χ0n) is 10.0. The molecule has 0 aliphatic carbocycles. The lowest BCUT2D eigenvalue weighted by Gasteiger charge is -2.13. The van der Waals surface area contributed by atoms with Crippen molar-refractivity contribution in [2.24, 2.45) is 0 Å². The Hall–Kier alpha value is -2.10. The summed E-state index contributed by atoms with van der Waals surface area (Å²) in [5.41, 5.74) is 0.793. The van der Waals surface area contributed by atoms with Crippen molar-refractivity contribution in [3.63, 3.8) is 0 Å². The molecule has 0 bridgehead atoms. The van der Waals surface area contributed by atoms with Gasteiger partial charge in [0.25, 0.3) is 0 Å². The van der Waals surface area contributed by atoms with Crippen molar-refractivity contribution in [1.29, 1.82) is 0 Å². The van der Waals surface area contributed by atoms with Gasteiger partial charge in [-0.25, -0.2) is 8.78 Å². The number of para-hydroxylation sites is 1. The molecule has 2 aromatic rings. The van der Waals surface area contributed by atoms with E-state index >= 15 is 0 Å². The van der Waals surface area contributed by atoms with Gasteiger partial charge in [0.1, 0.15) is 11.6 Å². The van der Waals surface area contributed by atoms with E-state index in [0.717, 1.165) is 6.07 Å². The zero-order valence-corrected chi connectivity index (χ0v) is 10.0. The third-order valence-corrected chi connectivity index (χ3v) is 2.62. The molecule has 2 nitrogen and oxygen atoms in total. The molecule has 0 saturated heterocycles. The van der Waals surface area contributed by atoms with Crippen LogP contribution in [0.5, 0.6) is 11.5 Å². The maximum Gasteiger partial charge on any atom is 0.168 e. The van der Waals surface area contributed by atoms with E-state index < -0.39 is 11.6 Å². The number of benzene rings is 2. The van der Waals surface area contributed by atoms with Crippen LogP contribution < -0.4 is 9.47 Å². The molecule has 18 heavy (non-hydrogen) atoms. The van der Waals surface area contributed by atoms with E-state index in [0.29, 0.717) is 17.1 Å². The fourth-order valence-electron chi connectivity index (χ4n) is 1.81. The Kier molecular flexibility index (Phi) is 3.46. The third kappa shape index (κ3) is 2.14. The minimum absolute atomic E-state index is 0.271. The third-order valence-electron chi connectivity index (χ3n) is 2.62. The Labute approximate surface area is 104 Å². The van der Waals surface area contributed by atoms with Crippen molar-refractivity contribution < 1.29 is 18.3 Å². The van der Waals surface area contributed by atoms with Crippen LogP contribution in [0.3, 0.4) is 0 Å². The summed E-state index contributed by atoms with van der Waals surface area (Å²) in [6, 6.07) is 8.55. The minimum atomic E-state index is -0.637. The van der Waals surface area contributed by atoms with Crippen molar-refractivity contribution in [2.75, 3.05) is 14.2 Å². The second-order valence-corrected chi connectivity index (χ2v) is 3.67. The summed E-state index contributed by atoms with van der Waals surface area (Å²) in [5.74, 6) is -0.330. The molecule has 0 N–H and O–H groups in total. The van der Waals surface area contributed by atoms with Gasteiger partial charge in [-0.1, -0.05) is 12.1 Å². The zero-order chi connectivity index (χ0) is 13.1. The van der Waals surface area contributed by atoms with Crippen LogP contribution in [0, 0.1) is 11.6 Å². The molecule has 0 unspecified atom stereocenters. The van der Waals surface area contributed by atoms with E-state index in [2.05, 4.69) is 0 Å². The largest absolute Gasteiger partial charge is 0.493 e. The van der Waals surface area contributed by atoms with Gasteiger partial charge in [0.2, 0.25) is 0 Å². The Morgan fingerprint density at radius 3 is 2.28 bits per heavy atom. The topological polar surface area (TPSA) is 18.5 Å². The molecule has 0 amide bonds. The summed E-state index contributed by atoms with van der Waals surface area (Å²) < 4.78 is 37.0. The van der Waals surface area contributed by atoms with Gasteiger partial charge in [0.15, 0.2) is 11.5 Å². The Morgan fingerprint density at radius 1 is 0.889 bits per heavy atom. The molecule has 0 heterocycles. The van der Waals surface area contributed by atoms with Crippen LogP contribution in [0.4, 0.5) is 8.78 Å². The summed E-state index contributed by atoms with van der Waals surface area (Å²) in [7, 11) is 2.98. The Morgan fingerprint density at radius 2 is 1.67 bits per heavy atom. The number of methoxy groups -OCH3 is 2. The second kappa shape index (κ2) is 5.04. The van der Waals surface area contributed by atoms with Crippen LogP contribution in [0.2, 0.25) is 0 Å². The number of rotatable bonds is 3. The molecule has 2 aromatic carbocycles. The molecule has 0 aliphatic heterocycles. The smallest absolute Gasteiger partial charge is 0.168 e. The van der Waals surface area contributed by atoms with Crippen LogP contribution >= 0.6 is 0 Å². The highest BCUT2D eigenvalue weighted by Crippen LogP contribution is 2.38. The van der Waals surface area contributed by atoms with Crippen LogP contribution in [0.15, 0.2) is 36.4 Å². The first-order valence-corrected chi connectivity index (χ1v) is 5.33. The van der Waals surface area contributed by atoms with Crippen molar-refractivity contribution in [2.45, 2.75) is 0 Å². The van der Waals surface area contributed by atoms with E-state index in [1.54, 1.807) is 18.2 Å². The van der Waals surface area contributed by atoms with Crippen molar-refractivity contribution in [3.8, 4) is 22.6 Å². The SMILES string of the molecule is COc1cccc(-c2ccc(F)cc2F)c1OC. The van der Waals surface area contributed by atoms with Gasteiger partial charge < -0.3 is 9.47 Å². The minimum Gasteiger partial charge on any atom is -0.493 e. The van der Waals surface area contributed by atoms with Crippen LogP contribution in [-0.2, 0) is 0 Å². The number of hydrogen-bond acceptors (Lipinski definition) is 2. The molecule has 0 atom stereocenters. The number of ether oxygens (including phenoxy) is 2. The first-order chi connectivity index (χ1) is 8.67. The lowest BCUT2D eigenvalue weighted by molar-refractivity contribution is 0.356. The summed E-state index contributed by atoms with van der Waals surface area (Å²) in [4.78, 5) is 0. The second-order valence-electron chi connectivity index (χ2n) is 3.67. The maximum absolute atomic E-state index is 13.8. The van der Waals surface area contributed by atoms with E-state index in [9.17, 15) is 8.78 Å². The summed E-state index contributed by atoms with van der Waals surface area (Å²) in [6.07, 6.45) is 0. The van der Waals surface area contributed by atoms with Crippen molar-refractivity contribution in [1.82, 2.24) is 0 Å². The number of hydrogen-bond donors (Lipinski definition) is 0. The molecule has 0 fully saturated rings. The fourth-order valence-corrected chi connectivity index (χ4v) is 1.81. The van der Waals surface area contributed by atoms with Crippen molar-refractivity contribution >= 4 is 0 Å². The van der Waals surface area contributed by atoms with Gasteiger partial charge in [-0.3, -0.25) is 0 Å². The molecule has 0 radical (unpaired) electrons. The highest BCUT2D eigenvalue weighted by molar-refractivity contribution is 5.74. The monoisotopic (exact) mass is 250 g/mol. The molecule has 94 valence electrons. The fraction of sp³-hybridized carbons (Fsp3) is 0.143. The van der Waals surface area contributed by atoms with E-state index in [1.807, 2.05) is 0 Å². The summed E-state index contributed by atoms with van der Waals surface area (Å²) in [5, 5.41) is 0. The molecule has 0 aliphatic rings. The quantitative estimate of drug-likeness (QED) is 0.827. The first kappa shape index (κ1) is 12.4. The number of halogens is 2. The Bertz CT molecular complexity index is 568. The lowest BCUT2D eigenvalue weighted by atomic mass is 10.0. The van der Waals surface area contributed by atoms with Crippen LogP contribution in [0.25, 0.3) is 11.1 Å². The van der Waals surface area contributed by atoms with E-state index in [-0.39, 0.29) is 5.56 Å². The van der Waals surface area contributed by atoms with E-state index in [1.165, 1.54) is 26.4 Å². The van der Waals surface area contributed by atoms with Gasteiger partial charge in [-0.2, -0.15) is 0 Å². The van der Waals surface area contributed by atoms with Gasteiger partial charge in [0, 0.05) is 17.2 Å². The van der Waals surface area contributed by atoms with Gasteiger partial charge >= 0.3 is 0 Å². The molecule has 0 saturated carbocycles. The average molecular weight is 250 g/mol. The van der Waals surface area contributed by atoms with Crippen LogP contribution in [0.1, 0.15) is 0 Å². The van der Waals surface area contributed by atoms with Gasteiger partial charge in [-0.05, 0) is 18.2 Å². The summed E-state index contributed by atoms with van der Waals surface area (Å²) in [6.45, 7) is 0. The molecular formula is C14H12F2O2. The molecule has 4 heteroatoms. The lowest BCUT2D eigenvalue weighted by Crippen LogP contribution is -1.94. The highest BCUT2D eigenvalue weighted by Gasteiger charge is 2.14.